The molecule has 0 unspecified atom stereocenters. The van der Waals surface area contributed by atoms with Gasteiger partial charge in [0.15, 0.2) is 0 Å². The van der Waals surface area contributed by atoms with Gasteiger partial charge in [-0.2, -0.15) is 0 Å². The van der Waals surface area contributed by atoms with E-state index in [1.807, 2.05) is 6.92 Å². The molecule has 0 radical (unpaired) electrons. The molecule has 0 aromatic heterocycles. The largest absolute Gasteiger partial charge is 0.483 e. The molecule has 3 heteroatoms. The summed E-state index contributed by atoms with van der Waals surface area (Å²) in [7, 11) is 0. The first-order valence-corrected chi connectivity index (χ1v) is 2.50. The number of carbonyl (C=O) groups is 1. The Morgan fingerprint density at radius 3 is 2.00 bits per heavy atom. The van der Waals surface area contributed by atoms with Gasteiger partial charge in [-0.1, -0.05) is 6.92 Å². The first-order chi connectivity index (χ1) is 3.33. The monoisotopic (exact) mass is 124 g/mol. The van der Waals surface area contributed by atoms with Crippen LogP contribution in [0.3, 0.4) is 0 Å². The minimum Gasteiger partial charge on any atom is -0.483 e. The molecule has 0 spiro atoms. The molecule has 1 N–H and O–H groups in total. The van der Waals surface area contributed by atoms with E-state index in [0.29, 0.717) is 0 Å². The highest BCUT2D eigenvalue weighted by Crippen LogP contribution is 1.75. The third kappa shape index (κ3) is 141. The second-order valence-corrected chi connectivity index (χ2v) is 1.17. The minimum atomic E-state index is -0.250. The van der Waals surface area contributed by atoms with Crippen molar-refractivity contribution in [3.05, 3.63) is 0 Å². The average Bonchev–Trinajstić information content (AvgIpc) is 1.69. The maximum absolute atomic E-state index is 8.36. The Morgan fingerprint density at radius 2 is 2.00 bits per heavy atom. The number of alkyl halides is 1. The van der Waals surface area contributed by atoms with E-state index in [1.165, 1.54) is 0 Å². The van der Waals surface area contributed by atoms with Crippen LogP contribution in [0, 0.1) is 0 Å². The lowest BCUT2D eigenvalue weighted by Crippen LogP contribution is -1.55. The SMILES string of the molecule is CCCCl.O=CO. The van der Waals surface area contributed by atoms with Crippen molar-refractivity contribution in [1.82, 2.24) is 0 Å². The van der Waals surface area contributed by atoms with E-state index >= 15 is 0 Å². The molecule has 0 saturated heterocycles. The molecule has 44 valence electrons. The zero-order valence-corrected chi connectivity index (χ0v) is 4.98. The Bertz CT molecular complexity index is 28.9. The molecule has 7 heavy (non-hydrogen) atoms. The Balaban J connectivity index is 0. The van der Waals surface area contributed by atoms with Crippen LogP contribution in [-0.4, -0.2) is 17.5 Å². The van der Waals surface area contributed by atoms with Gasteiger partial charge in [0.05, 0.1) is 0 Å². The van der Waals surface area contributed by atoms with Crippen molar-refractivity contribution < 1.29 is 9.90 Å². The number of carboxylic acid groups (broad SMARTS) is 1. The van der Waals surface area contributed by atoms with Crippen LogP contribution in [0.4, 0.5) is 0 Å². The van der Waals surface area contributed by atoms with Crippen molar-refractivity contribution in [3.63, 3.8) is 0 Å². The maximum atomic E-state index is 8.36. The van der Waals surface area contributed by atoms with Crippen LogP contribution in [-0.2, 0) is 4.79 Å². The highest BCUT2D eigenvalue weighted by atomic mass is 35.5. The van der Waals surface area contributed by atoms with Gasteiger partial charge in [-0.05, 0) is 6.42 Å². The smallest absolute Gasteiger partial charge is 0.290 e. The van der Waals surface area contributed by atoms with Crippen LogP contribution in [0.1, 0.15) is 13.3 Å². The lowest BCUT2D eigenvalue weighted by molar-refractivity contribution is -0.122. The van der Waals surface area contributed by atoms with E-state index in [9.17, 15) is 0 Å². The fourth-order valence-electron chi connectivity index (χ4n) is 0. The summed E-state index contributed by atoms with van der Waals surface area (Å²) in [6, 6.07) is 0. The van der Waals surface area contributed by atoms with Crippen molar-refractivity contribution in [2.75, 3.05) is 5.88 Å². The van der Waals surface area contributed by atoms with Gasteiger partial charge < -0.3 is 5.11 Å². The molecule has 0 aromatic carbocycles. The highest BCUT2D eigenvalue weighted by Gasteiger charge is 1.59. The molecule has 0 aliphatic heterocycles. The molecule has 0 fully saturated rings. The Labute approximate surface area is 48.1 Å². The van der Waals surface area contributed by atoms with Crippen LogP contribution in [0.2, 0.25) is 0 Å². The Morgan fingerprint density at radius 1 is 1.86 bits per heavy atom. The topological polar surface area (TPSA) is 37.3 Å². The number of halogens is 1. The van der Waals surface area contributed by atoms with Gasteiger partial charge in [-0.15, -0.1) is 11.6 Å². The molecule has 0 atom stereocenters. The fraction of sp³-hybridized carbons (Fsp3) is 0.750. The number of hydrogen-bond donors (Lipinski definition) is 1. The molecule has 0 rings (SSSR count). The number of hydrogen-bond acceptors (Lipinski definition) is 1. The van der Waals surface area contributed by atoms with E-state index in [1.54, 1.807) is 0 Å². The van der Waals surface area contributed by atoms with Gasteiger partial charge in [-0.25, -0.2) is 0 Å². The second kappa shape index (κ2) is 17.1. The van der Waals surface area contributed by atoms with Gasteiger partial charge in [0, 0.05) is 5.88 Å². The van der Waals surface area contributed by atoms with Gasteiger partial charge in [0.2, 0.25) is 0 Å². The fourth-order valence-corrected chi connectivity index (χ4v) is 0. The molecular formula is C4H9ClO2. The van der Waals surface area contributed by atoms with E-state index in [-0.39, 0.29) is 6.47 Å². The lowest BCUT2D eigenvalue weighted by atomic mass is 10.6. The third-order valence-corrected chi connectivity index (χ3v) is 0.567. The quantitative estimate of drug-likeness (QED) is 0.423. The molecule has 0 heterocycles. The minimum absolute atomic E-state index is 0.250. The predicted molar refractivity (Wildman–Crippen MR) is 29.7 cm³/mol. The first kappa shape index (κ1) is 9.90. The summed E-state index contributed by atoms with van der Waals surface area (Å²) in [6.07, 6.45) is 1.08. The zero-order valence-electron chi connectivity index (χ0n) is 4.22. The van der Waals surface area contributed by atoms with Gasteiger partial charge in [0.25, 0.3) is 6.47 Å². The van der Waals surface area contributed by atoms with Crippen LogP contribution in [0.25, 0.3) is 0 Å². The standard InChI is InChI=1S/C3H7Cl.CH2O2/c1-2-3-4;2-1-3/h2-3H2,1H3;1H,(H,2,3). The van der Waals surface area contributed by atoms with Crippen molar-refractivity contribution in [3.8, 4) is 0 Å². The van der Waals surface area contributed by atoms with Crippen molar-refractivity contribution in [2.24, 2.45) is 0 Å². The molecule has 0 bridgehead atoms. The summed E-state index contributed by atoms with van der Waals surface area (Å²) in [5.74, 6) is 0.792. The van der Waals surface area contributed by atoms with E-state index in [2.05, 4.69) is 0 Å². The van der Waals surface area contributed by atoms with E-state index < -0.39 is 0 Å². The molecule has 2 nitrogen and oxygen atoms in total. The molecule has 0 saturated carbocycles. The summed E-state index contributed by atoms with van der Waals surface area (Å²) < 4.78 is 0. The molecule has 0 aromatic rings. The summed E-state index contributed by atoms with van der Waals surface area (Å²) in [5, 5.41) is 6.89. The summed E-state index contributed by atoms with van der Waals surface area (Å²) in [4.78, 5) is 8.36. The second-order valence-electron chi connectivity index (χ2n) is 0.794. The molecule has 0 aliphatic carbocycles. The van der Waals surface area contributed by atoms with Crippen LogP contribution in [0.15, 0.2) is 0 Å². The summed E-state index contributed by atoms with van der Waals surface area (Å²) in [5.41, 5.74) is 0. The first-order valence-electron chi connectivity index (χ1n) is 1.97. The van der Waals surface area contributed by atoms with Crippen molar-refractivity contribution >= 4 is 18.1 Å². The van der Waals surface area contributed by atoms with Crippen LogP contribution >= 0.6 is 11.6 Å². The van der Waals surface area contributed by atoms with Crippen LogP contribution in [0.5, 0.6) is 0 Å². The highest BCUT2D eigenvalue weighted by molar-refractivity contribution is 6.17. The maximum Gasteiger partial charge on any atom is 0.290 e. The summed E-state index contributed by atoms with van der Waals surface area (Å²) >= 11 is 5.19. The zero-order chi connectivity index (χ0) is 6.12. The molecular weight excluding hydrogens is 115 g/mol. The van der Waals surface area contributed by atoms with Gasteiger partial charge >= 0.3 is 0 Å². The number of rotatable bonds is 1. The summed E-state index contributed by atoms with van der Waals surface area (Å²) in [6.45, 7) is 1.80. The van der Waals surface area contributed by atoms with Gasteiger partial charge in [-0.3, -0.25) is 4.79 Å². The van der Waals surface area contributed by atoms with Crippen molar-refractivity contribution in [2.45, 2.75) is 13.3 Å². The Hall–Kier alpha value is -0.240. The molecule has 0 amide bonds. The van der Waals surface area contributed by atoms with E-state index in [4.69, 9.17) is 21.5 Å². The average molecular weight is 125 g/mol. The van der Waals surface area contributed by atoms with E-state index in [0.717, 1.165) is 12.3 Å². The third-order valence-electron chi connectivity index (χ3n) is 0.189. The van der Waals surface area contributed by atoms with Crippen LogP contribution < -0.4 is 0 Å². The Kier molecular flexibility index (Phi) is 24.2. The normalized spacial score (nSPS) is 6.00. The van der Waals surface area contributed by atoms with Crippen molar-refractivity contribution in [1.29, 1.82) is 0 Å². The molecule has 0 aliphatic rings. The lowest BCUT2D eigenvalue weighted by Gasteiger charge is -1.65. The predicted octanol–water partition coefficient (Wildman–Crippen LogP) is 1.34. The van der Waals surface area contributed by atoms with Gasteiger partial charge in [0.1, 0.15) is 0 Å².